The Labute approximate surface area is 230 Å². The number of allylic oxidation sites excluding steroid dienone is 1. The van der Waals surface area contributed by atoms with Crippen LogP contribution in [-0.2, 0) is 15.8 Å². The number of aliphatic hydroxyl groups is 4. The number of nitrogens with two attached hydrogens (primary N) is 1. The number of carbonyl (C=O) groups excluding carboxylic acids is 3. The molecular weight excluding hydrogens is 547 g/mol. The fraction of sp³-hybridized carbons (Fsp3) is 0.276. The number of fused-ring (bicyclic) bond motifs is 3. The van der Waals surface area contributed by atoms with E-state index in [1.807, 2.05) is 0 Å². The quantitative estimate of drug-likeness (QED) is 0.240. The third kappa shape index (κ3) is 4.05. The third-order valence-corrected chi connectivity index (χ3v) is 8.22. The van der Waals surface area contributed by atoms with E-state index in [1.165, 1.54) is 36.4 Å². The Bertz CT molecular complexity index is 1600. The number of phenols is 1. The highest BCUT2D eigenvalue weighted by Crippen LogP contribution is 2.55. The molecule has 0 saturated carbocycles. The Balaban J connectivity index is 1.59. The molecule has 2 aromatic rings. The van der Waals surface area contributed by atoms with Gasteiger partial charge in [-0.1, -0.05) is 43.3 Å². The van der Waals surface area contributed by atoms with Gasteiger partial charge in [0.1, 0.15) is 22.8 Å². The van der Waals surface area contributed by atoms with Crippen molar-refractivity contribution in [1.82, 2.24) is 0 Å². The van der Waals surface area contributed by atoms with Crippen molar-refractivity contribution < 1.29 is 53.1 Å². The standard InChI is InChI=1S/C29H24F3NO8/c1-11-15-9-6-13(5-2-12-3-7-14(8-4-12)29(30,31)32)22(35)19(15)24(37)21-18(11)23(36)16-10-17(34)20(27(33)40)25(38)28(16,41)26(21)39/h2-9,11,16,18,23,34-36,39,41H,10H2,1H3,(H2,33,40)/b5-2+/t11-,16+,18+,23+,28+/m0/s1. The first-order chi connectivity index (χ1) is 19.1. The predicted molar refractivity (Wildman–Crippen MR) is 137 cm³/mol. The van der Waals surface area contributed by atoms with E-state index >= 15 is 0 Å². The number of rotatable bonds is 3. The van der Waals surface area contributed by atoms with Crippen molar-refractivity contribution in [2.75, 3.05) is 0 Å². The number of hydrogen-bond acceptors (Lipinski definition) is 8. The highest BCUT2D eigenvalue weighted by molar-refractivity contribution is 6.24. The van der Waals surface area contributed by atoms with Crippen LogP contribution in [-0.4, -0.2) is 54.7 Å². The van der Waals surface area contributed by atoms with Crippen molar-refractivity contribution >= 4 is 29.6 Å². The fourth-order valence-electron chi connectivity index (χ4n) is 6.11. The molecule has 3 aliphatic rings. The van der Waals surface area contributed by atoms with Gasteiger partial charge in [-0.2, -0.15) is 13.2 Å². The van der Waals surface area contributed by atoms with Crippen molar-refractivity contribution in [2.24, 2.45) is 17.6 Å². The number of hydrogen-bond donors (Lipinski definition) is 6. The molecule has 214 valence electrons. The Hall–Kier alpha value is -4.42. The maximum atomic E-state index is 13.7. The van der Waals surface area contributed by atoms with Crippen molar-refractivity contribution in [3.8, 4) is 5.75 Å². The van der Waals surface area contributed by atoms with E-state index in [0.717, 1.165) is 12.1 Å². The summed E-state index contributed by atoms with van der Waals surface area (Å²) < 4.78 is 38.5. The van der Waals surface area contributed by atoms with Crippen LogP contribution in [0.2, 0.25) is 0 Å². The van der Waals surface area contributed by atoms with Gasteiger partial charge in [-0.15, -0.1) is 0 Å². The van der Waals surface area contributed by atoms with Gasteiger partial charge in [-0.3, -0.25) is 14.4 Å². The molecular formula is C29H24F3NO8. The lowest BCUT2D eigenvalue weighted by atomic mass is 9.56. The lowest BCUT2D eigenvalue weighted by molar-refractivity contribution is -0.154. The number of halogens is 3. The lowest BCUT2D eigenvalue weighted by Crippen LogP contribution is -2.62. The molecule has 0 aromatic heterocycles. The van der Waals surface area contributed by atoms with Crippen LogP contribution >= 0.6 is 0 Å². The van der Waals surface area contributed by atoms with E-state index in [1.54, 1.807) is 6.92 Å². The number of alkyl halides is 3. The Morgan fingerprint density at radius 1 is 1.05 bits per heavy atom. The average molecular weight is 572 g/mol. The third-order valence-electron chi connectivity index (χ3n) is 8.22. The second-order valence-electron chi connectivity index (χ2n) is 10.4. The highest BCUT2D eigenvalue weighted by atomic mass is 19.4. The minimum Gasteiger partial charge on any atom is -0.511 e. The zero-order valence-electron chi connectivity index (χ0n) is 21.3. The first-order valence-electron chi connectivity index (χ1n) is 12.5. The molecule has 2 aromatic carbocycles. The van der Waals surface area contributed by atoms with E-state index in [0.29, 0.717) is 11.1 Å². The number of primary amides is 1. The summed E-state index contributed by atoms with van der Waals surface area (Å²) in [6.07, 6.45) is -3.94. The normalized spacial score (nSPS) is 28.0. The largest absolute Gasteiger partial charge is 0.511 e. The van der Waals surface area contributed by atoms with Crippen molar-refractivity contribution in [3.63, 3.8) is 0 Å². The number of Topliss-reactive ketones (excluding diaryl/α,β-unsaturated/α-hetero) is 2. The SMILES string of the molecule is C[C@H]1c2ccc(/C=C/c3ccc(C(F)(F)F)cc3)c(O)c2C(=O)C2=C(O)[C@]3(O)C(=O)C(C(N)=O)=C(O)C[C@@H]3[C@@H](O)[C@@H]21. The highest BCUT2D eigenvalue weighted by Gasteiger charge is 2.64. The maximum absolute atomic E-state index is 13.7. The topological polar surface area (TPSA) is 178 Å². The lowest BCUT2D eigenvalue weighted by Gasteiger charge is -2.50. The van der Waals surface area contributed by atoms with Crippen LogP contribution < -0.4 is 5.73 Å². The fourth-order valence-corrected chi connectivity index (χ4v) is 6.11. The molecule has 0 fully saturated rings. The van der Waals surface area contributed by atoms with Crippen molar-refractivity contribution in [2.45, 2.75) is 37.1 Å². The van der Waals surface area contributed by atoms with Crippen LogP contribution in [0.15, 0.2) is 59.1 Å². The van der Waals surface area contributed by atoms with Crippen LogP contribution in [0.25, 0.3) is 12.2 Å². The van der Waals surface area contributed by atoms with Gasteiger partial charge in [-0.25, -0.2) is 0 Å². The molecule has 0 radical (unpaired) electrons. The van der Waals surface area contributed by atoms with Gasteiger partial charge in [0.15, 0.2) is 11.4 Å². The minimum absolute atomic E-state index is 0.105. The molecule has 0 spiro atoms. The van der Waals surface area contributed by atoms with Gasteiger partial charge in [0, 0.05) is 29.4 Å². The van der Waals surface area contributed by atoms with E-state index in [9.17, 15) is 53.1 Å². The van der Waals surface area contributed by atoms with Gasteiger partial charge in [0.05, 0.1) is 17.2 Å². The van der Waals surface area contributed by atoms with Crippen LogP contribution in [0.5, 0.6) is 5.75 Å². The molecule has 3 aliphatic carbocycles. The molecule has 0 bridgehead atoms. The van der Waals surface area contributed by atoms with Crippen molar-refractivity contribution in [3.05, 3.63) is 86.9 Å². The monoisotopic (exact) mass is 571 g/mol. The molecule has 12 heteroatoms. The Morgan fingerprint density at radius 3 is 2.27 bits per heavy atom. The number of aliphatic hydroxyl groups excluding tert-OH is 3. The molecule has 5 atom stereocenters. The zero-order valence-corrected chi connectivity index (χ0v) is 21.3. The molecule has 0 heterocycles. The Morgan fingerprint density at radius 2 is 1.68 bits per heavy atom. The summed E-state index contributed by atoms with van der Waals surface area (Å²) in [6, 6.07) is 7.22. The van der Waals surface area contributed by atoms with E-state index in [-0.39, 0.29) is 11.1 Å². The molecule has 7 N–H and O–H groups in total. The summed E-state index contributed by atoms with van der Waals surface area (Å²) in [7, 11) is 0. The minimum atomic E-state index is -4.51. The van der Waals surface area contributed by atoms with Gasteiger partial charge < -0.3 is 31.3 Å². The van der Waals surface area contributed by atoms with Crippen LogP contribution in [0.3, 0.4) is 0 Å². The number of ketones is 2. The summed E-state index contributed by atoms with van der Waals surface area (Å²) in [6.45, 7) is 1.60. The summed E-state index contributed by atoms with van der Waals surface area (Å²) in [5.41, 5.74) is 0.416. The Kier molecular flexibility index (Phi) is 6.39. The van der Waals surface area contributed by atoms with Crippen LogP contribution in [0.4, 0.5) is 13.2 Å². The summed E-state index contributed by atoms with van der Waals surface area (Å²) in [4.78, 5) is 38.7. The second-order valence-corrected chi connectivity index (χ2v) is 10.4. The molecule has 5 rings (SSSR count). The molecule has 0 aliphatic heterocycles. The average Bonchev–Trinajstić information content (AvgIpc) is 2.90. The van der Waals surface area contributed by atoms with Gasteiger partial charge in [0.2, 0.25) is 5.78 Å². The summed E-state index contributed by atoms with van der Waals surface area (Å²) in [5, 5.41) is 55.1. The second kappa shape index (κ2) is 9.32. The van der Waals surface area contributed by atoms with E-state index < -0.39 is 93.5 Å². The zero-order chi connectivity index (χ0) is 30.2. The van der Waals surface area contributed by atoms with Gasteiger partial charge in [0.25, 0.3) is 5.91 Å². The van der Waals surface area contributed by atoms with Crippen LogP contribution in [0.1, 0.15) is 51.9 Å². The van der Waals surface area contributed by atoms with E-state index in [2.05, 4.69) is 0 Å². The van der Waals surface area contributed by atoms with Gasteiger partial charge in [-0.05, 0) is 29.2 Å². The smallest absolute Gasteiger partial charge is 0.416 e. The molecule has 9 nitrogen and oxygen atoms in total. The van der Waals surface area contributed by atoms with Crippen molar-refractivity contribution in [1.29, 1.82) is 0 Å². The number of phenolic OH excluding ortho intramolecular Hbond substituents is 1. The molecule has 0 unspecified atom stereocenters. The number of carbonyl (C=O) groups is 3. The summed E-state index contributed by atoms with van der Waals surface area (Å²) in [5.74, 6) is -9.62. The molecule has 1 amide bonds. The van der Waals surface area contributed by atoms with Gasteiger partial charge >= 0.3 is 6.18 Å². The predicted octanol–water partition coefficient (Wildman–Crippen LogP) is 3.30. The van der Waals surface area contributed by atoms with E-state index in [4.69, 9.17) is 5.73 Å². The van der Waals surface area contributed by atoms with Crippen LogP contribution in [0, 0.1) is 11.8 Å². The molecule has 0 saturated heterocycles. The number of amides is 1. The first kappa shape index (κ1) is 28.1. The number of benzene rings is 2. The number of aromatic hydroxyl groups is 1. The summed E-state index contributed by atoms with van der Waals surface area (Å²) >= 11 is 0. The first-order valence-corrected chi connectivity index (χ1v) is 12.5. The maximum Gasteiger partial charge on any atom is 0.416 e. The molecule has 41 heavy (non-hydrogen) atoms.